The highest BCUT2D eigenvalue weighted by molar-refractivity contribution is 7.99. The van der Waals surface area contributed by atoms with Crippen molar-refractivity contribution < 1.29 is 18.3 Å². The van der Waals surface area contributed by atoms with E-state index in [9.17, 15) is 13.6 Å². The predicted octanol–water partition coefficient (Wildman–Crippen LogP) is 3.30. The number of nitrogens with one attached hydrogen (secondary N) is 2. The van der Waals surface area contributed by atoms with Gasteiger partial charge < -0.3 is 15.4 Å². The summed E-state index contributed by atoms with van der Waals surface area (Å²) in [5.74, 6) is -2.44. The summed E-state index contributed by atoms with van der Waals surface area (Å²) in [6, 6.07) is 5.96. The van der Waals surface area contributed by atoms with Gasteiger partial charge in [0.15, 0.2) is 0 Å². The molecule has 1 atom stereocenters. The molecule has 0 radical (unpaired) electrons. The Kier molecular flexibility index (Phi) is 4.82. The van der Waals surface area contributed by atoms with Crippen LogP contribution >= 0.6 is 11.8 Å². The Hall–Kier alpha value is -1.34. The average molecular weight is 302 g/mol. The van der Waals surface area contributed by atoms with Crippen LogP contribution in [0.1, 0.15) is 13.3 Å². The maximum atomic E-state index is 12.2. The number of anilines is 1. The second-order valence-corrected chi connectivity index (χ2v) is 5.91. The third-order valence-corrected chi connectivity index (χ3v) is 3.69. The van der Waals surface area contributed by atoms with Crippen LogP contribution in [0.15, 0.2) is 29.2 Å². The highest BCUT2D eigenvalue weighted by atomic mass is 32.2. The molecule has 20 heavy (non-hydrogen) atoms. The lowest BCUT2D eigenvalue weighted by Crippen LogP contribution is -2.48. The third kappa shape index (κ3) is 4.35. The van der Waals surface area contributed by atoms with E-state index in [1.807, 2.05) is 6.92 Å². The molecule has 1 heterocycles. The number of thioether (sulfide) groups is 1. The minimum absolute atomic E-state index is 0.327. The van der Waals surface area contributed by atoms with Gasteiger partial charge >= 0.3 is 6.03 Å². The molecule has 0 aromatic heterocycles. The van der Waals surface area contributed by atoms with E-state index >= 15 is 0 Å². The normalized spacial score (nSPS) is 22.0. The summed E-state index contributed by atoms with van der Waals surface area (Å²) < 4.78 is 29.6. The zero-order valence-corrected chi connectivity index (χ0v) is 11.8. The molecule has 1 aromatic carbocycles. The molecule has 1 aromatic rings. The Morgan fingerprint density at radius 1 is 1.40 bits per heavy atom. The van der Waals surface area contributed by atoms with E-state index in [4.69, 9.17) is 4.74 Å². The fourth-order valence-electron chi connectivity index (χ4n) is 1.92. The van der Waals surface area contributed by atoms with E-state index in [0.717, 1.165) is 6.42 Å². The van der Waals surface area contributed by atoms with E-state index in [1.165, 1.54) is 0 Å². The second kappa shape index (κ2) is 6.41. The molecule has 0 aliphatic carbocycles. The van der Waals surface area contributed by atoms with Crippen LogP contribution in [0.4, 0.5) is 19.3 Å². The van der Waals surface area contributed by atoms with Crippen molar-refractivity contribution >= 4 is 23.5 Å². The van der Waals surface area contributed by atoms with Gasteiger partial charge in [-0.3, -0.25) is 0 Å². The predicted molar refractivity (Wildman–Crippen MR) is 74.3 cm³/mol. The Morgan fingerprint density at radius 3 is 2.65 bits per heavy atom. The number of carbonyl (C=O) groups is 1. The first-order valence-electron chi connectivity index (χ1n) is 6.19. The molecule has 0 saturated carbocycles. The summed E-state index contributed by atoms with van der Waals surface area (Å²) in [6.45, 7) is 3.04. The van der Waals surface area contributed by atoms with Gasteiger partial charge in [0.25, 0.3) is 5.76 Å². The third-order valence-electron chi connectivity index (χ3n) is 2.97. The molecule has 1 saturated heterocycles. The SMILES string of the molecule is CC1(NC(=O)Nc2ccc(SC(F)F)cc2)CCOC1. The van der Waals surface area contributed by atoms with Crippen molar-refractivity contribution in [2.24, 2.45) is 0 Å². The fourth-order valence-corrected chi connectivity index (χ4v) is 2.42. The van der Waals surface area contributed by atoms with E-state index in [-0.39, 0.29) is 11.6 Å². The lowest BCUT2D eigenvalue weighted by atomic mass is 10.0. The van der Waals surface area contributed by atoms with Gasteiger partial charge in [-0.15, -0.1) is 0 Å². The Bertz CT molecular complexity index is 462. The fraction of sp³-hybridized carbons (Fsp3) is 0.462. The number of ether oxygens (including phenoxy) is 1. The first-order valence-corrected chi connectivity index (χ1v) is 7.07. The van der Waals surface area contributed by atoms with Crippen LogP contribution < -0.4 is 10.6 Å². The van der Waals surface area contributed by atoms with Gasteiger partial charge in [-0.2, -0.15) is 8.78 Å². The second-order valence-electron chi connectivity index (χ2n) is 4.85. The standard InChI is InChI=1S/C13H16F2N2O2S/c1-13(6-7-19-8-13)17-12(18)16-9-2-4-10(5-3-9)20-11(14)15/h2-5,11H,6-8H2,1H3,(H2,16,17,18). The Balaban J connectivity index is 1.87. The first-order chi connectivity index (χ1) is 9.47. The smallest absolute Gasteiger partial charge is 0.319 e. The van der Waals surface area contributed by atoms with Gasteiger partial charge in [0, 0.05) is 17.2 Å². The van der Waals surface area contributed by atoms with Crippen LogP contribution in [0.25, 0.3) is 0 Å². The minimum atomic E-state index is -2.44. The number of carbonyl (C=O) groups excluding carboxylic acids is 1. The summed E-state index contributed by atoms with van der Waals surface area (Å²) in [5.41, 5.74) is 0.207. The van der Waals surface area contributed by atoms with Crippen molar-refractivity contribution in [3.8, 4) is 0 Å². The van der Waals surface area contributed by atoms with Crippen molar-refractivity contribution in [2.75, 3.05) is 18.5 Å². The summed E-state index contributed by atoms with van der Waals surface area (Å²) in [6.07, 6.45) is 0.768. The zero-order valence-electron chi connectivity index (χ0n) is 11.0. The molecule has 0 bridgehead atoms. The number of amides is 2. The van der Waals surface area contributed by atoms with E-state index in [2.05, 4.69) is 10.6 Å². The number of hydrogen-bond donors (Lipinski definition) is 2. The van der Waals surface area contributed by atoms with Crippen molar-refractivity contribution in [2.45, 2.75) is 29.5 Å². The monoisotopic (exact) mass is 302 g/mol. The van der Waals surface area contributed by atoms with Crippen LogP contribution in [0, 0.1) is 0 Å². The number of benzene rings is 1. The van der Waals surface area contributed by atoms with Crippen LogP contribution in [0.2, 0.25) is 0 Å². The summed E-state index contributed by atoms with van der Waals surface area (Å²) in [7, 11) is 0. The van der Waals surface area contributed by atoms with Crippen molar-refractivity contribution in [3.05, 3.63) is 24.3 Å². The molecule has 2 N–H and O–H groups in total. The molecule has 0 spiro atoms. The lowest BCUT2D eigenvalue weighted by Gasteiger charge is -2.23. The van der Waals surface area contributed by atoms with Crippen LogP contribution in [-0.4, -0.2) is 30.5 Å². The molecule has 1 aliphatic rings. The van der Waals surface area contributed by atoms with Gasteiger partial charge in [-0.25, -0.2) is 4.79 Å². The number of rotatable bonds is 4. The Morgan fingerprint density at radius 2 is 2.10 bits per heavy atom. The first kappa shape index (κ1) is 15.1. The average Bonchev–Trinajstić information content (AvgIpc) is 2.77. The molecular weight excluding hydrogens is 286 g/mol. The molecule has 7 heteroatoms. The highest BCUT2D eigenvalue weighted by Gasteiger charge is 2.31. The number of halogens is 2. The molecule has 1 aliphatic heterocycles. The van der Waals surface area contributed by atoms with E-state index in [1.54, 1.807) is 24.3 Å². The van der Waals surface area contributed by atoms with Crippen LogP contribution in [0.5, 0.6) is 0 Å². The summed E-state index contributed by atoms with van der Waals surface area (Å²) in [5, 5.41) is 5.52. The van der Waals surface area contributed by atoms with Gasteiger partial charge in [-0.1, -0.05) is 11.8 Å². The molecule has 4 nitrogen and oxygen atoms in total. The number of hydrogen-bond acceptors (Lipinski definition) is 3. The summed E-state index contributed by atoms with van der Waals surface area (Å²) >= 11 is 0.473. The highest BCUT2D eigenvalue weighted by Crippen LogP contribution is 2.26. The van der Waals surface area contributed by atoms with Crippen LogP contribution in [0.3, 0.4) is 0 Å². The summed E-state index contributed by atoms with van der Waals surface area (Å²) in [4.78, 5) is 12.3. The van der Waals surface area contributed by atoms with E-state index in [0.29, 0.717) is 35.6 Å². The zero-order chi connectivity index (χ0) is 14.6. The van der Waals surface area contributed by atoms with Crippen molar-refractivity contribution in [1.29, 1.82) is 0 Å². The van der Waals surface area contributed by atoms with Crippen LogP contribution in [-0.2, 0) is 4.74 Å². The maximum Gasteiger partial charge on any atom is 0.319 e. The maximum absolute atomic E-state index is 12.2. The molecular formula is C13H16F2N2O2S. The molecule has 2 amide bonds. The van der Waals surface area contributed by atoms with Gasteiger partial charge in [0.05, 0.1) is 12.1 Å². The largest absolute Gasteiger partial charge is 0.379 e. The molecule has 1 unspecified atom stereocenters. The minimum Gasteiger partial charge on any atom is -0.379 e. The topological polar surface area (TPSA) is 50.4 Å². The van der Waals surface area contributed by atoms with Gasteiger partial charge in [0.1, 0.15) is 0 Å². The molecule has 2 rings (SSSR count). The van der Waals surface area contributed by atoms with Gasteiger partial charge in [-0.05, 0) is 37.6 Å². The molecule has 1 fully saturated rings. The van der Waals surface area contributed by atoms with E-state index < -0.39 is 5.76 Å². The quantitative estimate of drug-likeness (QED) is 0.839. The van der Waals surface area contributed by atoms with Gasteiger partial charge in [0.2, 0.25) is 0 Å². The Labute approximate surface area is 120 Å². The van der Waals surface area contributed by atoms with Crippen molar-refractivity contribution in [1.82, 2.24) is 5.32 Å². The van der Waals surface area contributed by atoms with Crippen molar-refractivity contribution in [3.63, 3.8) is 0 Å². The number of urea groups is 1. The molecule has 110 valence electrons. The lowest BCUT2D eigenvalue weighted by molar-refractivity contribution is 0.172. The number of alkyl halides is 2.